The monoisotopic (exact) mass is 422 g/mol. The van der Waals surface area contributed by atoms with E-state index >= 15 is 0 Å². The van der Waals surface area contributed by atoms with Crippen molar-refractivity contribution >= 4 is 0 Å². The van der Waals surface area contributed by atoms with Gasteiger partial charge in [-0.05, 0) is 17.7 Å². The number of ether oxygens (including phenoxy) is 3. The number of phenolic OH excluding ortho intramolecular Hbond substituents is 3. The van der Waals surface area contributed by atoms with Gasteiger partial charge >= 0.3 is 0 Å². The molecule has 0 amide bonds. The number of hydrogen-bond donors (Lipinski definition) is 7. The highest BCUT2D eigenvalue weighted by Crippen LogP contribution is 2.43. The summed E-state index contributed by atoms with van der Waals surface area (Å²) in [7, 11) is 0. The molecule has 10 heteroatoms. The fourth-order valence-corrected chi connectivity index (χ4v) is 3.55. The van der Waals surface area contributed by atoms with E-state index in [0.29, 0.717) is 11.1 Å². The maximum absolute atomic E-state index is 10.5. The lowest BCUT2D eigenvalue weighted by atomic mass is 9.94. The lowest BCUT2D eigenvalue weighted by molar-refractivity contribution is -0.115. The van der Waals surface area contributed by atoms with Crippen LogP contribution in [0.1, 0.15) is 17.2 Å². The zero-order chi connectivity index (χ0) is 21.6. The normalized spacial score (nSPS) is 30.5. The van der Waals surface area contributed by atoms with Gasteiger partial charge in [0.05, 0.1) is 19.3 Å². The molecule has 4 rings (SSSR count). The highest BCUT2D eigenvalue weighted by molar-refractivity contribution is 5.52. The highest BCUT2D eigenvalue weighted by Gasteiger charge is 2.49. The first-order valence-electron chi connectivity index (χ1n) is 9.24. The summed E-state index contributed by atoms with van der Waals surface area (Å²) < 4.78 is 16.5. The number of fused-ring (bicyclic) bond motifs is 1. The van der Waals surface area contributed by atoms with Crippen LogP contribution in [0.3, 0.4) is 0 Å². The fourth-order valence-electron chi connectivity index (χ4n) is 3.55. The molecular weight excluding hydrogens is 400 g/mol. The van der Waals surface area contributed by atoms with Crippen molar-refractivity contribution in [3.63, 3.8) is 0 Å². The predicted molar refractivity (Wildman–Crippen MR) is 99.4 cm³/mol. The first-order chi connectivity index (χ1) is 14.2. The minimum atomic E-state index is -1.85. The molecule has 0 aromatic heterocycles. The maximum atomic E-state index is 10.5. The number of hydrogen-bond acceptors (Lipinski definition) is 10. The minimum absolute atomic E-state index is 0.0561. The summed E-state index contributed by atoms with van der Waals surface area (Å²) in [5, 5.41) is 69.4. The molecule has 2 aromatic carbocycles. The van der Waals surface area contributed by atoms with E-state index in [2.05, 4.69) is 0 Å². The molecule has 0 bridgehead atoms. The third kappa shape index (κ3) is 3.48. The van der Waals surface area contributed by atoms with E-state index in [1.54, 1.807) is 0 Å². The Morgan fingerprint density at radius 2 is 1.80 bits per heavy atom. The SMILES string of the molecule is OCC1(O)COC(Oc2cc(O)c3c(c2)OC(c2ccc(O)c(O)c2)C(O)C3)C1O. The van der Waals surface area contributed by atoms with Crippen molar-refractivity contribution in [1.82, 2.24) is 0 Å². The number of aliphatic hydroxyl groups is 4. The second-order valence-electron chi connectivity index (χ2n) is 7.48. The van der Waals surface area contributed by atoms with Gasteiger partial charge in [0, 0.05) is 24.1 Å². The Labute approximate surface area is 170 Å². The summed E-state index contributed by atoms with van der Waals surface area (Å²) in [4.78, 5) is 0. The molecule has 2 heterocycles. The van der Waals surface area contributed by atoms with Crippen molar-refractivity contribution in [2.24, 2.45) is 0 Å². The maximum Gasteiger partial charge on any atom is 0.229 e. The Morgan fingerprint density at radius 1 is 1.03 bits per heavy atom. The van der Waals surface area contributed by atoms with Gasteiger partial charge in [-0.3, -0.25) is 0 Å². The fraction of sp³-hybridized carbons (Fsp3) is 0.400. The van der Waals surface area contributed by atoms with E-state index in [-0.39, 0.29) is 41.8 Å². The zero-order valence-corrected chi connectivity index (χ0v) is 15.7. The second-order valence-corrected chi connectivity index (χ2v) is 7.48. The molecule has 0 spiro atoms. The van der Waals surface area contributed by atoms with E-state index in [9.17, 15) is 35.7 Å². The number of aliphatic hydroxyl groups excluding tert-OH is 3. The highest BCUT2D eigenvalue weighted by atomic mass is 16.7. The topological polar surface area (TPSA) is 169 Å². The summed E-state index contributed by atoms with van der Waals surface area (Å²) in [6.45, 7) is -1.05. The van der Waals surface area contributed by atoms with Crippen molar-refractivity contribution < 1.29 is 50.0 Å². The van der Waals surface area contributed by atoms with E-state index < -0.39 is 36.8 Å². The average molecular weight is 422 g/mol. The van der Waals surface area contributed by atoms with E-state index in [1.807, 2.05) is 0 Å². The predicted octanol–water partition coefficient (Wildman–Crippen LogP) is -0.340. The minimum Gasteiger partial charge on any atom is -0.507 e. The Morgan fingerprint density at radius 3 is 2.47 bits per heavy atom. The van der Waals surface area contributed by atoms with Crippen LogP contribution in [-0.2, 0) is 11.2 Å². The Bertz CT molecular complexity index is 947. The Kier molecular flexibility index (Phi) is 5.12. The molecule has 7 N–H and O–H groups in total. The van der Waals surface area contributed by atoms with Crippen LogP contribution >= 0.6 is 0 Å². The molecule has 0 aliphatic carbocycles. The number of phenols is 3. The molecule has 5 atom stereocenters. The van der Waals surface area contributed by atoms with Crippen LogP contribution in [-0.4, -0.2) is 73.1 Å². The first kappa shape index (κ1) is 20.5. The van der Waals surface area contributed by atoms with Crippen molar-refractivity contribution in [2.75, 3.05) is 13.2 Å². The molecule has 5 unspecified atom stereocenters. The number of benzene rings is 2. The van der Waals surface area contributed by atoms with Gasteiger partial charge in [0.15, 0.2) is 11.5 Å². The smallest absolute Gasteiger partial charge is 0.229 e. The molecule has 1 saturated heterocycles. The third-order valence-electron chi connectivity index (χ3n) is 5.34. The number of rotatable bonds is 4. The van der Waals surface area contributed by atoms with Crippen LogP contribution in [0.15, 0.2) is 30.3 Å². The van der Waals surface area contributed by atoms with Crippen LogP contribution in [0.5, 0.6) is 28.7 Å². The van der Waals surface area contributed by atoms with Crippen LogP contribution < -0.4 is 9.47 Å². The van der Waals surface area contributed by atoms with Crippen LogP contribution in [0.4, 0.5) is 0 Å². The largest absolute Gasteiger partial charge is 0.507 e. The molecule has 2 aliphatic rings. The molecule has 0 saturated carbocycles. The van der Waals surface area contributed by atoms with E-state index in [4.69, 9.17) is 14.2 Å². The molecule has 10 nitrogen and oxygen atoms in total. The molecule has 0 radical (unpaired) electrons. The van der Waals surface area contributed by atoms with Gasteiger partial charge in [0.1, 0.15) is 35.1 Å². The number of aromatic hydroxyl groups is 3. The molecular formula is C20H22O10. The van der Waals surface area contributed by atoms with Gasteiger partial charge in [0.2, 0.25) is 6.29 Å². The molecule has 1 fully saturated rings. The van der Waals surface area contributed by atoms with Crippen LogP contribution in [0.25, 0.3) is 0 Å². The van der Waals surface area contributed by atoms with Crippen LogP contribution in [0.2, 0.25) is 0 Å². The summed E-state index contributed by atoms with van der Waals surface area (Å²) >= 11 is 0. The summed E-state index contributed by atoms with van der Waals surface area (Å²) in [5.41, 5.74) is -1.10. The van der Waals surface area contributed by atoms with E-state index in [1.165, 1.54) is 30.3 Å². The van der Waals surface area contributed by atoms with Crippen molar-refractivity contribution in [3.05, 3.63) is 41.5 Å². The standard InChI is InChI=1S/C20H22O10/c21-7-20(27)8-28-19(18(20)26)29-10-4-13(23)11-6-15(25)17(30-16(11)5-10)9-1-2-12(22)14(24)3-9/h1-5,15,17-19,21-27H,6-8H2. The van der Waals surface area contributed by atoms with Gasteiger partial charge < -0.3 is 50.0 Å². The molecule has 30 heavy (non-hydrogen) atoms. The third-order valence-corrected chi connectivity index (χ3v) is 5.34. The quantitative estimate of drug-likeness (QED) is 0.324. The van der Waals surface area contributed by atoms with Gasteiger partial charge in [-0.15, -0.1) is 0 Å². The molecule has 2 aromatic rings. The van der Waals surface area contributed by atoms with Gasteiger partial charge in [-0.1, -0.05) is 6.07 Å². The van der Waals surface area contributed by atoms with E-state index in [0.717, 1.165) is 0 Å². The Balaban J connectivity index is 1.59. The zero-order valence-electron chi connectivity index (χ0n) is 15.7. The average Bonchev–Trinajstić information content (AvgIpc) is 2.99. The van der Waals surface area contributed by atoms with Crippen LogP contribution in [0, 0.1) is 0 Å². The summed E-state index contributed by atoms with van der Waals surface area (Å²) in [6.07, 6.45) is -4.65. The summed E-state index contributed by atoms with van der Waals surface area (Å²) in [5.74, 6) is -0.606. The molecule has 162 valence electrons. The van der Waals surface area contributed by atoms with Gasteiger partial charge in [0.25, 0.3) is 0 Å². The van der Waals surface area contributed by atoms with Crippen molar-refractivity contribution in [2.45, 2.75) is 36.6 Å². The van der Waals surface area contributed by atoms with Crippen molar-refractivity contribution in [3.8, 4) is 28.7 Å². The summed E-state index contributed by atoms with van der Waals surface area (Å²) in [6, 6.07) is 6.72. The second kappa shape index (κ2) is 7.49. The lowest BCUT2D eigenvalue weighted by Crippen LogP contribution is -2.48. The van der Waals surface area contributed by atoms with Gasteiger partial charge in [-0.25, -0.2) is 0 Å². The molecule has 2 aliphatic heterocycles. The van der Waals surface area contributed by atoms with Crippen molar-refractivity contribution in [1.29, 1.82) is 0 Å². The lowest BCUT2D eigenvalue weighted by Gasteiger charge is -2.32. The first-order valence-corrected chi connectivity index (χ1v) is 9.24. The van der Waals surface area contributed by atoms with Gasteiger partial charge in [-0.2, -0.15) is 0 Å². The Hall–Kier alpha value is -2.76.